The van der Waals surface area contributed by atoms with E-state index in [1.807, 2.05) is 6.07 Å². The normalized spacial score (nSPS) is 13.8. The van der Waals surface area contributed by atoms with Gasteiger partial charge in [-0.3, -0.25) is 0 Å². The number of phenolic OH excluding ortho intramolecular Hbond substituents is 1. The van der Waals surface area contributed by atoms with E-state index in [2.05, 4.69) is 5.40 Å². The maximum Gasteiger partial charge on any atom is 0.138 e. The van der Waals surface area contributed by atoms with Gasteiger partial charge in [-0.15, -0.1) is 0 Å². The van der Waals surface area contributed by atoms with E-state index in [0.717, 1.165) is 29.7 Å². The van der Waals surface area contributed by atoms with Crippen molar-refractivity contribution in [2.24, 2.45) is 0 Å². The van der Waals surface area contributed by atoms with E-state index in [9.17, 15) is 5.11 Å². The Hall–Kier alpha value is -1.14. The molecule has 13 heavy (non-hydrogen) atoms. The number of phenols is 1. The molecule has 1 N–H and O–H groups in total. The summed E-state index contributed by atoms with van der Waals surface area (Å²) in [6.07, 6.45) is 3.03. The van der Waals surface area contributed by atoms with E-state index in [-0.39, 0.29) is 0 Å². The number of hydrogen-bond donors (Lipinski definition) is 1. The zero-order chi connectivity index (χ0) is 9.26. The van der Waals surface area contributed by atoms with Crippen LogP contribution in [0.5, 0.6) is 5.75 Å². The van der Waals surface area contributed by atoms with Crippen molar-refractivity contribution in [2.75, 3.05) is 0 Å². The molecule has 0 aromatic heterocycles. The topological polar surface area (TPSA) is 44.0 Å². The number of thiocyanates is 1. The predicted molar refractivity (Wildman–Crippen MR) is 51.6 cm³/mol. The first kappa shape index (κ1) is 8.46. The second-order valence-corrected chi connectivity index (χ2v) is 3.91. The van der Waals surface area contributed by atoms with E-state index >= 15 is 0 Å². The standard InChI is InChI=1S/C10H9NOS/c11-6-13-10-5-4-9(12)7-2-1-3-8(7)10/h4-5,12H,1-3H2. The molecule has 0 unspecified atom stereocenters. The third-order valence-electron chi connectivity index (χ3n) is 2.37. The van der Waals surface area contributed by atoms with Crippen LogP contribution in [0.1, 0.15) is 17.5 Å². The molecule has 1 aliphatic carbocycles. The molecular formula is C10H9NOS. The van der Waals surface area contributed by atoms with Crippen molar-refractivity contribution in [3.8, 4) is 11.2 Å². The van der Waals surface area contributed by atoms with Crippen LogP contribution < -0.4 is 0 Å². The van der Waals surface area contributed by atoms with Crippen LogP contribution in [0.25, 0.3) is 0 Å². The van der Waals surface area contributed by atoms with Gasteiger partial charge in [0.25, 0.3) is 0 Å². The van der Waals surface area contributed by atoms with E-state index in [1.165, 1.54) is 17.3 Å². The minimum absolute atomic E-state index is 0.384. The Balaban J connectivity index is 2.51. The van der Waals surface area contributed by atoms with Gasteiger partial charge >= 0.3 is 0 Å². The second-order valence-electron chi connectivity index (χ2n) is 3.09. The van der Waals surface area contributed by atoms with E-state index < -0.39 is 0 Å². The minimum Gasteiger partial charge on any atom is -0.508 e. The summed E-state index contributed by atoms with van der Waals surface area (Å²) < 4.78 is 0. The number of aromatic hydroxyl groups is 1. The smallest absolute Gasteiger partial charge is 0.138 e. The quantitative estimate of drug-likeness (QED) is 0.547. The van der Waals surface area contributed by atoms with Crippen LogP contribution in [0.15, 0.2) is 17.0 Å². The fourth-order valence-corrected chi connectivity index (χ4v) is 2.38. The molecule has 0 bridgehead atoms. The summed E-state index contributed by atoms with van der Waals surface area (Å²) >= 11 is 1.18. The third kappa shape index (κ3) is 1.38. The van der Waals surface area contributed by atoms with Crippen LogP contribution in [0.4, 0.5) is 0 Å². The van der Waals surface area contributed by atoms with Crippen LogP contribution in [-0.4, -0.2) is 5.11 Å². The molecule has 3 heteroatoms. The van der Waals surface area contributed by atoms with E-state index in [0.29, 0.717) is 5.75 Å². The number of nitrogens with zero attached hydrogens (tertiary/aromatic N) is 1. The number of benzene rings is 1. The summed E-state index contributed by atoms with van der Waals surface area (Å²) in [6, 6.07) is 3.51. The number of thioether (sulfide) groups is 1. The molecule has 0 fully saturated rings. The zero-order valence-corrected chi connectivity index (χ0v) is 7.90. The molecule has 1 aromatic rings. The minimum atomic E-state index is 0.384. The molecule has 2 rings (SSSR count). The van der Waals surface area contributed by atoms with Crippen LogP contribution in [0, 0.1) is 10.7 Å². The van der Waals surface area contributed by atoms with Crippen molar-refractivity contribution in [3.63, 3.8) is 0 Å². The molecule has 2 nitrogen and oxygen atoms in total. The third-order valence-corrected chi connectivity index (χ3v) is 3.07. The van der Waals surface area contributed by atoms with Crippen LogP contribution in [0.3, 0.4) is 0 Å². The second kappa shape index (κ2) is 3.31. The average Bonchev–Trinajstić information content (AvgIpc) is 2.59. The van der Waals surface area contributed by atoms with Crippen molar-refractivity contribution in [1.82, 2.24) is 0 Å². The Bertz CT molecular complexity index is 381. The van der Waals surface area contributed by atoms with Crippen molar-refractivity contribution < 1.29 is 5.11 Å². The Morgan fingerprint density at radius 2 is 2.08 bits per heavy atom. The zero-order valence-electron chi connectivity index (χ0n) is 7.08. The van der Waals surface area contributed by atoms with Crippen LogP contribution in [0.2, 0.25) is 0 Å². The Morgan fingerprint density at radius 1 is 1.31 bits per heavy atom. The average molecular weight is 191 g/mol. The fraction of sp³-hybridized carbons (Fsp3) is 0.300. The Labute approximate surface area is 81.2 Å². The lowest BCUT2D eigenvalue weighted by molar-refractivity contribution is 0.468. The van der Waals surface area contributed by atoms with Crippen molar-refractivity contribution >= 4 is 11.8 Å². The van der Waals surface area contributed by atoms with Crippen molar-refractivity contribution in [1.29, 1.82) is 5.26 Å². The maximum atomic E-state index is 9.53. The first-order valence-electron chi connectivity index (χ1n) is 4.22. The molecule has 0 heterocycles. The monoisotopic (exact) mass is 191 g/mol. The Kier molecular flexibility index (Phi) is 2.15. The highest BCUT2D eigenvalue weighted by atomic mass is 32.2. The largest absolute Gasteiger partial charge is 0.508 e. The maximum absolute atomic E-state index is 9.53. The highest BCUT2D eigenvalue weighted by Gasteiger charge is 2.18. The van der Waals surface area contributed by atoms with Crippen molar-refractivity contribution in [3.05, 3.63) is 23.3 Å². The summed E-state index contributed by atoms with van der Waals surface area (Å²) in [5.41, 5.74) is 2.21. The Morgan fingerprint density at radius 3 is 2.85 bits per heavy atom. The van der Waals surface area contributed by atoms with Gasteiger partial charge in [0, 0.05) is 4.90 Å². The molecule has 0 aliphatic heterocycles. The van der Waals surface area contributed by atoms with Gasteiger partial charge in [0.1, 0.15) is 11.2 Å². The summed E-state index contributed by atoms with van der Waals surface area (Å²) in [7, 11) is 0. The molecule has 0 spiro atoms. The lowest BCUT2D eigenvalue weighted by atomic mass is 10.1. The highest BCUT2D eigenvalue weighted by molar-refractivity contribution is 8.03. The lowest BCUT2D eigenvalue weighted by Crippen LogP contribution is -1.86. The number of nitriles is 1. The lowest BCUT2D eigenvalue weighted by Gasteiger charge is -2.05. The highest BCUT2D eigenvalue weighted by Crippen LogP contribution is 2.36. The summed E-state index contributed by atoms with van der Waals surface area (Å²) in [5, 5.41) is 20.2. The summed E-state index contributed by atoms with van der Waals surface area (Å²) in [6.45, 7) is 0. The molecule has 0 radical (unpaired) electrons. The number of hydrogen-bond acceptors (Lipinski definition) is 3. The number of rotatable bonds is 1. The van der Waals surface area contributed by atoms with Crippen molar-refractivity contribution in [2.45, 2.75) is 24.2 Å². The van der Waals surface area contributed by atoms with Gasteiger partial charge in [-0.05, 0) is 54.3 Å². The molecule has 0 saturated carbocycles. The molecule has 0 amide bonds. The molecular weight excluding hydrogens is 182 g/mol. The fourth-order valence-electron chi connectivity index (χ4n) is 1.80. The van der Waals surface area contributed by atoms with Gasteiger partial charge in [-0.25, -0.2) is 0 Å². The molecule has 0 saturated heterocycles. The van der Waals surface area contributed by atoms with Gasteiger partial charge in [0.15, 0.2) is 0 Å². The van der Waals surface area contributed by atoms with Crippen LogP contribution >= 0.6 is 11.8 Å². The van der Waals surface area contributed by atoms with Gasteiger partial charge in [0.05, 0.1) is 0 Å². The summed E-state index contributed by atoms with van der Waals surface area (Å²) in [5.74, 6) is 0.384. The molecule has 1 aromatic carbocycles. The van der Waals surface area contributed by atoms with Gasteiger partial charge < -0.3 is 5.11 Å². The number of fused-ring (bicyclic) bond motifs is 1. The molecule has 1 aliphatic rings. The first-order chi connectivity index (χ1) is 6.33. The van der Waals surface area contributed by atoms with E-state index in [4.69, 9.17) is 5.26 Å². The molecule has 0 atom stereocenters. The SMILES string of the molecule is N#CSc1ccc(O)c2c1CCC2. The van der Waals surface area contributed by atoms with Gasteiger partial charge in [0.2, 0.25) is 0 Å². The van der Waals surface area contributed by atoms with Gasteiger partial charge in [-0.2, -0.15) is 5.26 Å². The molecule has 66 valence electrons. The van der Waals surface area contributed by atoms with Crippen LogP contribution in [-0.2, 0) is 12.8 Å². The van der Waals surface area contributed by atoms with Gasteiger partial charge in [-0.1, -0.05) is 0 Å². The van der Waals surface area contributed by atoms with E-state index in [1.54, 1.807) is 6.07 Å². The summed E-state index contributed by atoms with van der Waals surface area (Å²) in [4.78, 5) is 1.01. The predicted octanol–water partition coefficient (Wildman–Crippen LogP) is 2.45. The first-order valence-corrected chi connectivity index (χ1v) is 5.04.